The van der Waals surface area contributed by atoms with Crippen molar-refractivity contribution in [2.45, 2.75) is 78.9 Å². The van der Waals surface area contributed by atoms with Crippen molar-refractivity contribution in [3.8, 4) is 0 Å². The minimum Gasteiger partial charge on any atom is -0.481 e. The molecule has 0 aliphatic heterocycles. The molecular weight excluding hydrogens is 282 g/mol. The molecule has 0 saturated carbocycles. The molecule has 1 aromatic rings. The number of carbonyl (C=O) groups is 1. The predicted molar refractivity (Wildman–Crippen MR) is 86.9 cm³/mol. The van der Waals surface area contributed by atoms with Gasteiger partial charge < -0.3 is 9.84 Å². The van der Waals surface area contributed by atoms with Crippen LogP contribution in [-0.4, -0.2) is 38.3 Å². The zero-order chi connectivity index (χ0) is 17.4. The highest BCUT2D eigenvalue weighted by molar-refractivity contribution is 5.66. The van der Waals surface area contributed by atoms with E-state index in [1.807, 2.05) is 45.5 Å². The number of rotatable bonds is 8. The molecule has 1 N–H and O–H groups in total. The number of hydrogen-bond donors (Lipinski definition) is 1. The van der Waals surface area contributed by atoms with Gasteiger partial charge in [0.25, 0.3) is 0 Å². The number of aromatic nitrogens is 3. The van der Waals surface area contributed by atoms with E-state index in [0.717, 1.165) is 12.1 Å². The molecule has 1 heterocycles. The van der Waals surface area contributed by atoms with Crippen molar-refractivity contribution in [1.29, 1.82) is 0 Å². The average molecular weight is 313 g/mol. The molecule has 0 saturated heterocycles. The zero-order valence-corrected chi connectivity index (χ0v) is 15.0. The molecule has 0 bridgehead atoms. The smallest absolute Gasteiger partial charge is 0.303 e. The summed E-state index contributed by atoms with van der Waals surface area (Å²) >= 11 is 0. The van der Waals surface area contributed by atoms with E-state index in [2.05, 4.69) is 24.2 Å². The molecule has 0 radical (unpaired) electrons. The van der Waals surface area contributed by atoms with Crippen molar-refractivity contribution in [1.82, 2.24) is 15.0 Å². The second-order valence-corrected chi connectivity index (χ2v) is 6.37. The first-order valence-corrected chi connectivity index (χ1v) is 7.88. The number of aryl methyl sites for hydroxylation is 1. The third-order valence-electron chi connectivity index (χ3n) is 3.38. The number of hydrogen-bond acceptors (Lipinski definition) is 4. The summed E-state index contributed by atoms with van der Waals surface area (Å²) in [6.07, 6.45) is 3.33. The quantitative estimate of drug-likeness (QED) is 0.796. The Balaban J connectivity index is 0.00000211. The molecular formula is C16H31N3O3. The topological polar surface area (TPSA) is 77.2 Å². The Kier molecular flexibility index (Phi) is 8.30. The van der Waals surface area contributed by atoms with Crippen LogP contribution in [-0.2, 0) is 15.1 Å². The Morgan fingerprint density at radius 3 is 2.32 bits per heavy atom. The molecule has 6 heteroatoms. The van der Waals surface area contributed by atoms with Crippen LogP contribution in [0.3, 0.4) is 0 Å². The van der Waals surface area contributed by atoms with Gasteiger partial charge in [0, 0.05) is 19.2 Å². The molecule has 0 atom stereocenters. The summed E-state index contributed by atoms with van der Waals surface area (Å²) in [5.41, 5.74) is 0.289. The molecule has 0 aromatic carbocycles. The monoisotopic (exact) mass is 313 g/mol. The Hall–Kier alpha value is -1.43. The molecule has 22 heavy (non-hydrogen) atoms. The molecule has 0 amide bonds. The highest BCUT2D eigenvalue weighted by Crippen LogP contribution is 2.22. The van der Waals surface area contributed by atoms with Crippen LogP contribution in [0.4, 0.5) is 0 Å². The van der Waals surface area contributed by atoms with E-state index in [-0.39, 0.29) is 12.0 Å². The lowest BCUT2D eigenvalue weighted by atomic mass is 10.00. The summed E-state index contributed by atoms with van der Waals surface area (Å²) in [4.78, 5) is 10.6. The fourth-order valence-corrected chi connectivity index (χ4v) is 1.81. The van der Waals surface area contributed by atoms with Crippen molar-refractivity contribution in [3.63, 3.8) is 0 Å². The largest absolute Gasteiger partial charge is 0.481 e. The van der Waals surface area contributed by atoms with Crippen molar-refractivity contribution < 1.29 is 14.6 Å². The van der Waals surface area contributed by atoms with E-state index in [1.54, 1.807) is 0 Å². The van der Waals surface area contributed by atoms with Crippen LogP contribution in [0.2, 0.25) is 0 Å². The third-order valence-corrected chi connectivity index (χ3v) is 3.38. The summed E-state index contributed by atoms with van der Waals surface area (Å²) < 4.78 is 7.66. The number of nitrogens with zero attached hydrogens (tertiary/aromatic N) is 3. The first kappa shape index (κ1) is 20.6. The molecule has 0 aliphatic rings. The van der Waals surface area contributed by atoms with Crippen molar-refractivity contribution in [2.75, 3.05) is 6.61 Å². The molecule has 0 unspecified atom stereocenters. The van der Waals surface area contributed by atoms with Crippen LogP contribution >= 0.6 is 0 Å². The van der Waals surface area contributed by atoms with E-state index < -0.39 is 11.6 Å². The summed E-state index contributed by atoms with van der Waals surface area (Å²) in [5.74, 6) is -0.792. The summed E-state index contributed by atoms with van der Waals surface area (Å²) in [6.45, 7) is 14.5. The highest BCUT2D eigenvalue weighted by Gasteiger charge is 2.25. The van der Waals surface area contributed by atoms with Crippen molar-refractivity contribution in [2.24, 2.45) is 0 Å². The lowest BCUT2D eigenvalue weighted by Gasteiger charge is -2.29. The first-order valence-electron chi connectivity index (χ1n) is 7.88. The Labute approximate surface area is 133 Å². The van der Waals surface area contributed by atoms with E-state index >= 15 is 0 Å². The van der Waals surface area contributed by atoms with Gasteiger partial charge in [0.2, 0.25) is 0 Å². The van der Waals surface area contributed by atoms with Gasteiger partial charge >= 0.3 is 5.97 Å². The predicted octanol–water partition coefficient (Wildman–Crippen LogP) is 3.40. The van der Waals surface area contributed by atoms with Gasteiger partial charge in [0.15, 0.2) is 0 Å². The van der Waals surface area contributed by atoms with Crippen molar-refractivity contribution in [3.05, 3.63) is 11.9 Å². The number of carboxylic acid groups (broad SMARTS) is 1. The number of aliphatic carboxylic acids is 1. The van der Waals surface area contributed by atoms with E-state index in [0.29, 0.717) is 13.0 Å². The SMILES string of the molecule is CC.Cc1cn(C(C)(C)CCOC(C)(C)CCC(=O)O)nn1. The van der Waals surface area contributed by atoms with Gasteiger partial charge in [0.05, 0.1) is 16.8 Å². The molecule has 0 spiro atoms. The normalized spacial score (nSPS) is 11.8. The van der Waals surface area contributed by atoms with Crippen LogP contribution < -0.4 is 0 Å². The van der Waals surface area contributed by atoms with Crippen LogP contribution in [0.1, 0.15) is 66.5 Å². The minimum absolute atomic E-state index is 0.124. The number of ether oxygens (including phenoxy) is 1. The highest BCUT2D eigenvalue weighted by atomic mass is 16.5. The van der Waals surface area contributed by atoms with Crippen molar-refractivity contribution >= 4 is 5.97 Å². The standard InChI is InChI=1S/C14H25N3O3.C2H6/c1-11-10-17(16-15-11)13(2,3)8-9-20-14(4,5)7-6-12(18)19;1-2/h10H,6-9H2,1-5H3,(H,18,19);1-2H3. The lowest BCUT2D eigenvalue weighted by Crippen LogP contribution is -2.32. The summed E-state index contributed by atoms with van der Waals surface area (Å²) in [7, 11) is 0. The second-order valence-electron chi connectivity index (χ2n) is 6.37. The van der Waals surface area contributed by atoms with Crippen LogP contribution in [0.5, 0.6) is 0 Å². The maximum Gasteiger partial charge on any atom is 0.303 e. The summed E-state index contributed by atoms with van der Waals surface area (Å²) in [5, 5.41) is 16.8. The molecule has 128 valence electrons. The number of carboxylic acids is 1. The second kappa shape index (κ2) is 8.88. The van der Waals surface area contributed by atoms with Gasteiger partial charge in [-0.3, -0.25) is 4.79 Å². The lowest BCUT2D eigenvalue weighted by molar-refractivity contribution is -0.139. The fraction of sp³-hybridized carbons (Fsp3) is 0.812. The van der Waals surface area contributed by atoms with Gasteiger partial charge in [-0.2, -0.15) is 0 Å². The van der Waals surface area contributed by atoms with Gasteiger partial charge in [-0.1, -0.05) is 19.1 Å². The molecule has 0 fully saturated rings. The van der Waals surface area contributed by atoms with Gasteiger partial charge in [0.1, 0.15) is 0 Å². The maximum absolute atomic E-state index is 10.6. The van der Waals surface area contributed by atoms with Gasteiger partial charge in [-0.15, -0.1) is 5.10 Å². The maximum atomic E-state index is 10.6. The summed E-state index contributed by atoms with van der Waals surface area (Å²) in [6, 6.07) is 0. The molecule has 1 rings (SSSR count). The van der Waals surface area contributed by atoms with Gasteiger partial charge in [-0.25, -0.2) is 4.68 Å². The van der Waals surface area contributed by atoms with Crippen LogP contribution in [0.15, 0.2) is 6.20 Å². The van der Waals surface area contributed by atoms with Crippen LogP contribution in [0, 0.1) is 6.92 Å². The first-order chi connectivity index (χ1) is 10.1. The van der Waals surface area contributed by atoms with Gasteiger partial charge in [-0.05, 0) is 47.5 Å². The Morgan fingerprint density at radius 2 is 1.86 bits per heavy atom. The molecule has 6 nitrogen and oxygen atoms in total. The van der Waals surface area contributed by atoms with Crippen LogP contribution in [0.25, 0.3) is 0 Å². The Bertz CT molecular complexity index is 453. The third kappa shape index (κ3) is 7.54. The van der Waals surface area contributed by atoms with E-state index in [4.69, 9.17) is 9.84 Å². The van der Waals surface area contributed by atoms with E-state index in [1.165, 1.54) is 0 Å². The zero-order valence-electron chi connectivity index (χ0n) is 15.0. The minimum atomic E-state index is -0.792. The average Bonchev–Trinajstić information content (AvgIpc) is 2.86. The molecule has 1 aromatic heterocycles. The fourth-order valence-electron chi connectivity index (χ4n) is 1.81. The Morgan fingerprint density at radius 1 is 1.27 bits per heavy atom. The molecule has 0 aliphatic carbocycles. The van der Waals surface area contributed by atoms with E-state index in [9.17, 15) is 4.79 Å².